The molecule has 1 aliphatic rings. The highest BCUT2D eigenvalue weighted by atomic mass is 16.4. The first-order chi connectivity index (χ1) is 9.47. The second kappa shape index (κ2) is 6.07. The first-order valence-corrected chi connectivity index (χ1v) is 7.03. The summed E-state index contributed by atoms with van der Waals surface area (Å²) in [4.78, 5) is 23.4. The third kappa shape index (κ3) is 3.38. The van der Waals surface area contributed by atoms with Crippen molar-refractivity contribution in [2.75, 3.05) is 0 Å². The average Bonchev–Trinajstić information content (AvgIpc) is 2.78. The molecular formula is C16H21NO3. The van der Waals surface area contributed by atoms with Gasteiger partial charge in [0.25, 0.3) is 0 Å². The summed E-state index contributed by atoms with van der Waals surface area (Å²) >= 11 is 0. The van der Waals surface area contributed by atoms with E-state index in [9.17, 15) is 14.7 Å². The Labute approximate surface area is 119 Å². The van der Waals surface area contributed by atoms with E-state index >= 15 is 0 Å². The molecule has 1 aromatic carbocycles. The van der Waals surface area contributed by atoms with Crippen molar-refractivity contribution in [2.45, 2.75) is 33.2 Å². The molecule has 1 aliphatic carbocycles. The fourth-order valence-electron chi connectivity index (χ4n) is 3.00. The number of carbonyl (C=O) groups is 2. The molecule has 0 aromatic heterocycles. The van der Waals surface area contributed by atoms with Crippen LogP contribution in [0.4, 0.5) is 0 Å². The van der Waals surface area contributed by atoms with E-state index in [0.717, 1.165) is 11.1 Å². The first kappa shape index (κ1) is 14.6. The standard InChI is InChI=1S/C16H21NO3/c1-10-4-3-5-12(6-10)9-17-15(18)13-7-11(2)8-14(13)16(19)20/h3-6,11,13-14H,7-9H2,1-2H3,(H,17,18)(H,19,20). The number of rotatable bonds is 4. The van der Waals surface area contributed by atoms with E-state index in [0.29, 0.717) is 25.3 Å². The normalized spacial score (nSPS) is 25.4. The Morgan fingerprint density at radius 3 is 2.65 bits per heavy atom. The SMILES string of the molecule is Cc1cccc(CNC(=O)C2CC(C)CC2C(=O)O)c1. The number of nitrogens with one attached hydrogen (secondary N) is 1. The minimum Gasteiger partial charge on any atom is -0.481 e. The minimum atomic E-state index is -0.856. The molecule has 4 nitrogen and oxygen atoms in total. The van der Waals surface area contributed by atoms with Crippen molar-refractivity contribution in [3.8, 4) is 0 Å². The molecule has 0 bridgehead atoms. The van der Waals surface area contributed by atoms with Gasteiger partial charge in [-0.1, -0.05) is 36.8 Å². The molecule has 0 radical (unpaired) electrons. The Balaban J connectivity index is 1.96. The first-order valence-electron chi connectivity index (χ1n) is 7.03. The molecule has 2 N–H and O–H groups in total. The average molecular weight is 275 g/mol. The van der Waals surface area contributed by atoms with Gasteiger partial charge in [-0.2, -0.15) is 0 Å². The zero-order valence-corrected chi connectivity index (χ0v) is 11.9. The lowest BCUT2D eigenvalue weighted by Crippen LogP contribution is -2.34. The largest absolute Gasteiger partial charge is 0.481 e. The summed E-state index contributed by atoms with van der Waals surface area (Å²) < 4.78 is 0. The molecule has 20 heavy (non-hydrogen) atoms. The Hall–Kier alpha value is -1.84. The van der Waals surface area contributed by atoms with E-state index in [2.05, 4.69) is 5.32 Å². The fraction of sp³-hybridized carbons (Fsp3) is 0.500. The van der Waals surface area contributed by atoms with Crippen molar-refractivity contribution < 1.29 is 14.7 Å². The molecule has 2 rings (SSSR count). The van der Waals surface area contributed by atoms with Crippen LogP contribution in [-0.2, 0) is 16.1 Å². The maximum absolute atomic E-state index is 12.2. The van der Waals surface area contributed by atoms with Crippen molar-refractivity contribution in [1.82, 2.24) is 5.32 Å². The Kier molecular flexibility index (Phi) is 4.42. The molecule has 108 valence electrons. The topological polar surface area (TPSA) is 66.4 Å². The van der Waals surface area contributed by atoms with Gasteiger partial charge < -0.3 is 10.4 Å². The summed E-state index contributed by atoms with van der Waals surface area (Å²) in [6.07, 6.45) is 1.26. The van der Waals surface area contributed by atoms with Gasteiger partial charge in [0.15, 0.2) is 0 Å². The van der Waals surface area contributed by atoms with Crippen LogP contribution in [0.5, 0.6) is 0 Å². The maximum atomic E-state index is 12.2. The molecule has 0 spiro atoms. The van der Waals surface area contributed by atoms with Crippen molar-refractivity contribution in [2.24, 2.45) is 17.8 Å². The number of amides is 1. The summed E-state index contributed by atoms with van der Waals surface area (Å²) in [5.41, 5.74) is 2.19. The number of aryl methyl sites for hydroxylation is 1. The predicted molar refractivity (Wildman–Crippen MR) is 76.0 cm³/mol. The van der Waals surface area contributed by atoms with E-state index in [-0.39, 0.29) is 5.91 Å². The lowest BCUT2D eigenvalue weighted by molar-refractivity contribution is -0.146. The van der Waals surface area contributed by atoms with Gasteiger partial charge in [0.1, 0.15) is 0 Å². The zero-order chi connectivity index (χ0) is 14.7. The molecular weight excluding hydrogens is 254 g/mol. The van der Waals surface area contributed by atoms with Crippen LogP contribution in [0.25, 0.3) is 0 Å². The number of carboxylic acid groups (broad SMARTS) is 1. The van der Waals surface area contributed by atoms with Crippen molar-refractivity contribution >= 4 is 11.9 Å². The highest BCUT2D eigenvalue weighted by Crippen LogP contribution is 2.36. The number of carboxylic acids is 1. The number of hydrogen-bond donors (Lipinski definition) is 2. The number of hydrogen-bond acceptors (Lipinski definition) is 2. The summed E-state index contributed by atoms with van der Waals surface area (Å²) in [5.74, 6) is -1.63. The fourth-order valence-corrected chi connectivity index (χ4v) is 3.00. The molecule has 1 amide bonds. The number of aliphatic carboxylic acids is 1. The molecule has 3 unspecified atom stereocenters. The molecule has 0 saturated heterocycles. The van der Waals surface area contributed by atoms with Crippen LogP contribution in [0.2, 0.25) is 0 Å². The Morgan fingerprint density at radius 1 is 1.30 bits per heavy atom. The van der Waals surface area contributed by atoms with Crippen LogP contribution in [0.1, 0.15) is 30.9 Å². The lowest BCUT2D eigenvalue weighted by atomic mass is 9.95. The quantitative estimate of drug-likeness (QED) is 0.886. The van der Waals surface area contributed by atoms with Gasteiger partial charge in [-0.05, 0) is 31.2 Å². The van der Waals surface area contributed by atoms with E-state index in [1.807, 2.05) is 38.1 Å². The molecule has 1 aromatic rings. The summed E-state index contributed by atoms with van der Waals surface area (Å²) in [7, 11) is 0. The van der Waals surface area contributed by atoms with Gasteiger partial charge in [-0.25, -0.2) is 0 Å². The van der Waals surface area contributed by atoms with Gasteiger partial charge in [0, 0.05) is 6.54 Å². The number of carbonyl (C=O) groups excluding carboxylic acids is 1. The molecule has 0 heterocycles. The smallest absolute Gasteiger partial charge is 0.307 e. The van der Waals surface area contributed by atoms with E-state index in [1.165, 1.54) is 0 Å². The summed E-state index contributed by atoms with van der Waals surface area (Å²) in [6, 6.07) is 7.93. The monoisotopic (exact) mass is 275 g/mol. The van der Waals surface area contributed by atoms with Crippen LogP contribution in [0, 0.1) is 24.7 Å². The second-order valence-electron chi connectivity index (χ2n) is 5.83. The third-order valence-electron chi connectivity index (χ3n) is 4.00. The van der Waals surface area contributed by atoms with E-state index < -0.39 is 17.8 Å². The maximum Gasteiger partial charge on any atom is 0.307 e. The third-order valence-corrected chi connectivity index (χ3v) is 4.00. The number of benzene rings is 1. The molecule has 0 aliphatic heterocycles. The Morgan fingerprint density at radius 2 is 2.00 bits per heavy atom. The molecule has 1 saturated carbocycles. The van der Waals surface area contributed by atoms with Crippen LogP contribution in [0.3, 0.4) is 0 Å². The van der Waals surface area contributed by atoms with Gasteiger partial charge in [0.05, 0.1) is 11.8 Å². The van der Waals surface area contributed by atoms with Crippen molar-refractivity contribution in [3.05, 3.63) is 35.4 Å². The summed E-state index contributed by atoms with van der Waals surface area (Å²) in [6.45, 7) is 4.46. The molecule has 4 heteroatoms. The van der Waals surface area contributed by atoms with Gasteiger partial charge in [-0.15, -0.1) is 0 Å². The predicted octanol–water partition coefficient (Wildman–Crippen LogP) is 2.36. The van der Waals surface area contributed by atoms with Crippen molar-refractivity contribution in [3.63, 3.8) is 0 Å². The van der Waals surface area contributed by atoms with Gasteiger partial charge in [0.2, 0.25) is 5.91 Å². The van der Waals surface area contributed by atoms with E-state index in [4.69, 9.17) is 0 Å². The van der Waals surface area contributed by atoms with Crippen LogP contribution in [0.15, 0.2) is 24.3 Å². The molecule has 1 fully saturated rings. The lowest BCUT2D eigenvalue weighted by Gasteiger charge is -2.15. The van der Waals surface area contributed by atoms with Crippen molar-refractivity contribution in [1.29, 1.82) is 0 Å². The van der Waals surface area contributed by atoms with E-state index in [1.54, 1.807) is 0 Å². The van der Waals surface area contributed by atoms with Gasteiger partial charge in [-0.3, -0.25) is 9.59 Å². The minimum absolute atomic E-state index is 0.136. The van der Waals surface area contributed by atoms with Crippen LogP contribution in [-0.4, -0.2) is 17.0 Å². The molecule has 3 atom stereocenters. The van der Waals surface area contributed by atoms with Gasteiger partial charge >= 0.3 is 5.97 Å². The van der Waals surface area contributed by atoms with Crippen LogP contribution < -0.4 is 5.32 Å². The second-order valence-corrected chi connectivity index (χ2v) is 5.83. The summed E-state index contributed by atoms with van der Waals surface area (Å²) in [5, 5.41) is 12.1. The van der Waals surface area contributed by atoms with Crippen LogP contribution >= 0.6 is 0 Å². The highest BCUT2D eigenvalue weighted by Gasteiger charge is 2.40. The zero-order valence-electron chi connectivity index (χ0n) is 11.9. The Bertz CT molecular complexity index is 512. The highest BCUT2D eigenvalue weighted by molar-refractivity contribution is 5.85.